The number of rotatable bonds is 6. The second-order valence-corrected chi connectivity index (χ2v) is 9.13. The fourth-order valence-electron chi connectivity index (χ4n) is 2.81. The number of halogens is 4. The van der Waals surface area contributed by atoms with E-state index < -0.39 is 28.0 Å². The van der Waals surface area contributed by atoms with Crippen molar-refractivity contribution in [3.8, 4) is 5.75 Å². The first kappa shape index (κ1) is 24.4. The smallest absolute Gasteiger partial charge is 0.406 e. The Morgan fingerprint density at radius 2 is 1.55 bits per heavy atom. The Morgan fingerprint density at radius 3 is 2.15 bits per heavy atom. The van der Waals surface area contributed by atoms with Crippen LogP contribution in [0, 0.1) is 13.8 Å². The van der Waals surface area contributed by atoms with Gasteiger partial charge in [-0.2, -0.15) is 0 Å². The highest BCUT2D eigenvalue weighted by atomic mass is 35.5. The molecule has 0 spiro atoms. The SMILES string of the molecule is Cc1ccc(NS(=O)(=O)c2cc(C(=O)Nc3ccc(OC(F)(F)F)cc3)ccc2Cl)cc1C. The number of alkyl halides is 3. The van der Waals surface area contributed by atoms with Crippen LogP contribution in [0.3, 0.4) is 0 Å². The Morgan fingerprint density at radius 1 is 0.909 bits per heavy atom. The molecular weight excluding hydrogens is 481 g/mol. The number of hydrogen-bond acceptors (Lipinski definition) is 4. The summed E-state index contributed by atoms with van der Waals surface area (Å²) in [5.41, 5.74) is 2.39. The average Bonchev–Trinajstić information content (AvgIpc) is 2.71. The van der Waals surface area contributed by atoms with Crippen molar-refractivity contribution in [1.82, 2.24) is 0 Å². The van der Waals surface area contributed by atoms with Crippen LogP contribution in [-0.2, 0) is 10.0 Å². The van der Waals surface area contributed by atoms with E-state index in [1.165, 1.54) is 24.3 Å². The molecule has 0 aliphatic heterocycles. The van der Waals surface area contributed by atoms with E-state index >= 15 is 0 Å². The molecular formula is C22H18ClF3N2O4S. The van der Waals surface area contributed by atoms with Crippen molar-refractivity contribution in [1.29, 1.82) is 0 Å². The fraction of sp³-hybridized carbons (Fsp3) is 0.136. The quantitative estimate of drug-likeness (QED) is 0.442. The zero-order chi connectivity index (χ0) is 24.4. The molecule has 0 unspecified atom stereocenters. The molecule has 0 aromatic heterocycles. The van der Waals surface area contributed by atoms with Crippen LogP contribution < -0.4 is 14.8 Å². The molecule has 0 bridgehead atoms. The molecule has 174 valence electrons. The minimum absolute atomic E-state index is 0.0181. The molecule has 0 saturated heterocycles. The van der Waals surface area contributed by atoms with Gasteiger partial charge in [0.2, 0.25) is 0 Å². The van der Waals surface area contributed by atoms with E-state index in [9.17, 15) is 26.4 Å². The minimum atomic E-state index is -4.83. The summed E-state index contributed by atoms with van der Waals surface area (Å²) in [6, 6.07) is 13.3. The first-order valence-corrected chi connectivity index (χ1v) is 11.3. The maximum atomic E-state index is 12.9. The molecule has 0 saturated carbocycles. The van der Waals surface area contributed by atoms with Crippen LogP contribution in [0.15, 0.2) is 65.6 Å². The van der Waals surface area contributed by atoms with Crippen molar-refractivity contribution < 1.29 is 31.1 Å². The molecule has 3 aromatic carbocycles. The van der Waals surface area contributed by atoms with Crippen LogP contribution in [0.4, 0.5) is 24.5 Å². The number of aryl methyl sites for hydroxylation is 2. The van der Waals surface area contributed by atoms with Gasteiger partial charge in [-0.15, -0.1) is 13.2 Å². The van der Waals surface area contributed by atoms with E-state index in [0.29, 0.717) is 5.69 Å². The van der Waals surface area contributed by atoms with Gasteiger partial charge in [0.1, 0.15) is 10.6 Å². The van der Waals surface area contributed by atoms with Crippen molar-refractivity contribution in [3.63, 3.8) is 0 Å². The summed E-state index contributed by atoms with van der Waals surface area (Å²) in [4.78, 5) is 12.3. The van der Waals surface area contributed by atoms with Gasteiger partial charge in [0.05, 0.1) is 5.02 Å². The summed E-state index contributed by atoms with van der Waals surface area (Å²) in [7, 11) is -4.11. The summed E-state index contributed by atoms with van der Waals surface area (Å²) in [5.74, 6) is -1.13. The molecule has 0 heterocycles. The summed E-state index contributed by atoms with van der Waals surface area (Å²) in [6.45, 7) is 3.73. The second kappa shape index (κ2) is 9.32. The minimum Gasteiger partial charge on any atom is -0.406 e. The predicted molar refractivity (Wildman–Crippen MR) is 119 cm³/mol. The predicted octanol–water partition coefficient (Wildman–Crippen LogP) is 5.91. The molecule has 2 N–H and O–H groups in total. The largest absolute Gasteiger partial charge is 0.573 e. The Bertz CT molecular complexity index is 1290. The lowest BCUT2D eigenvalue weighted by molar-refractivity contribution is -0.274. The Balaban J connectivity index is 1.80. The number of sulfonamides is 1. The van der Waals surface area contributed by atoms with E-state index in [1.807, 2.05) is 13.8 Å². The molecule has 11 heteroatoms. The first-order chi connectivity index (χ1) is 15.3. The highest BCUT2D eigenvalue weighted by molar-refractivity contribution is 7.92. The fourth-order valence-corrected chi connectivity index (χ4v) is 4.39. The zero-order valence-electron chi connectivity index (χ0n) is 17.3. The summed E-state index contributed by atoms with van der Waals surface area (Å²) < 4.78 is 68.7. The molecule has 0 atom stereocenters. The van der Waals surface area contributed by atoms with Gasteiger partial charge < -0.3 is 10.1 Å². The summed E-state index contributed by atoms with van der Waals surface area (Å²) in [5, 5.41) is 2.39. The van der Waals surface area contributed by atoms with Gasteiger partial charge >= 0.3 is 6.36 Å². The zero-order valence-corrected chi connectivity index (χ0v) is 18.9. The Labute approximate surface area is 193 Å². The molecule has 3 aromatic rings. The van der Waals surface area contributed by atoms with E-state index in [0.717, 1.165) is 29.3 Å². The van der Waals surface area contributed by atoms with Crippen LogP contribution in [0.5, 0.6) is 5.75 Å². The first-order valence-electron chi connectivity index (χ1n) is 9.41. The number of benzene rings is 3. The van der Waals surface area contributed by atoms with Crippen molar-refractivity contribution >= 4 is 38.9 Å². The van der Waals surface area contributed by atoms with E-state index in [2.05, 4.69) is 14.8 Å². The van der Waals surface area contributed by atoms with Crippen molar-refractivity contribution in [2.24, 2.45) is 0 Å². The number of ether oxygens (including phenoxy) is 1. The molecule has 0 radical (unpaired) electrons. The summed E-state index contributed by atoms with van der Waals surface area (Å²) >= 11 is 6.08. The maximum Gasteiger partial charge on any atom is 0.573 e. The van der Waals surface area contributed by atoms with Gasteiger partial charge in [0.15, 0.2) is 0 Å². The number of amides is 1. The van der Waals surface area contributed by atoms with E-state index in [-0.39, 0.29) is 21.2 Å². The Kier molecular flexibility index (Phi) is 6.89. The standard InChI is InChI=1S/C22H18ClF3N2O4S/c1-13-3-5-17(11-14(13)2)28-33(30,31)20-12-15(4-10-19(20)23)21(29)27-16-6-8-18(9-7-16)32-22(24,25)26/h3-12,28H,1-2H3,(H,27,29). The molecule has 1 amide bonds. The van der Waals surface area contributed by atoms with Crippen LogP contribution in [0.1, 0.15) is 21.5 Å². The molecule has 33 heavy (non-hydrogen) atoms. The van der Waals surface area contributed by atoms with Crippen LogP contribution in [-0.4, -0.2) is 20.7 Å². The molecule has 3 rings (SSSR count). The number of anilines is 2. The van der Waals surface area contributed by atoms with E-state index in [1.54, 1.807) is 18.2 Å². The molecule has 0 aliphatic rings. The lowest BCUT2D eigenvalue weighted by atomic mass is 10.1. The monoisotopic (exact) mass is 498 g/mol. The van der Waals surface area contributed by atoms with Gasteiger partial charge in [-0.1, -0.05) is 17.7 Å². The normalized spacial score (nSPS) is 11.7. The van der Waals surface area contributed by atoms with Crippen LogP contribution in [0.2, 0.25) is 5.02 Å². The third-order valence-corrected chi connectivity index (χ3v) is 6.45. The average molecular weight is 499 g/mol. The third-order valence-electron chi connectivity index (χ3n) is 4.59. The van der Waals surface area contributed by atoms with Gasteiger partial charge in [0, 0.05) is 16.9 Å². The van der Waals surface area contributed by atoms with Crippen LogP contribution in [0.25, 0.3) is 0 Å². The van der Waals surface area contributed by atoms with Crippen molar-refractivity contribution in [3.05, 3.63) is 82.4 Å². The molecule has 0 aliphatic carbocycles. The number of carbonyl (C=O) groups excluding carboxylic acids is 1. The lowest BCUT2D eigenvalue weighted by Gasteiger charge is -2.13. The van der Waals surface area contributed by atoms with Gasteiger partial charge in [0.25, 0.3) is 15.9 Å². The molecule has 0 fully saturated rings. The lowest BCUT2D eigenvalue weighted by Crippen LogP contribution is -2.17. The van der Waals surface area contributed by atoms with Crippen molar-refractivity contribution in [2.45, 2.75) is 25.1 Å². The van der Waals surface area contributed by atoms with Gasteiger partial charge in [-0.3, -0.25) is 9.52 Å². The maximum absolute atomic E-state index is 12.9. The highest BCUT2D eigenvalue weighted by Gasteiger charge is 2.31. The number of carbonyl (C=O) groups is 1. The van der Waals surface area contributed by atoms with Gasteiger partial charge in [-0.05, 0) is 79.6 Å². The second-order valence-electron chi connectivity index (χ2n) is 7.08. The summed E-state index contributed by atoms with van der Waals surface area (Å²) in [6.07, 6.45) is -4.83. The van der Waals surface area contributed by atoms with E-state index in [4.69, 9.17) is 11.6 Å². The Hall–Kier alpha value is -3.24. The van der Waals surface area contributed by atoms with Crippen LogP contribution >= 0.6 is 11.6 Å². The van der Waals surface area contributed by atoms with Crippen molar-refractivity contribution in [2.75, 3.05) is 10.0 Å². The van der Waals surface area contributed by atoms with Gasteiger partial charge in [-0.25, -0.2) is 8.42 Å². The number of nitrogens with one attached hydrogen (secondary N) is 2. The number of hydrogen-bond donors (Lipinski definition) is 2. The highest BCUT2D eigenvalue weighted by Crippen LogP contribution is 2.27. The third kappa shape index (κ3) is 6.39. The topological polar surface area (TPSA) is 84.5 Å². The molecule has 6 nitrogen and oxygen atoms in total.